The maximum Gasteiger partial charge on any atom is 0.283 e. The molecule has 38 heavy (non-hydrogen) atoms. The highest BCUT2D eigenvalue weighted by Crippen LogP contribution is 2.30. The zero-order valence-corrected chi connectivity index (χ0v) is 21.7. The van der Waals surface area contributed by atoms with Gasteiger partial charge < -0.3 is 9.51 Å². The Labute approximate surface area is 225 Å². The third kappa shape index (κ3) is 4.64. The lowest BCUT2D eigenvalue weighted by Crippen LogP contribution is -2.21. The van der Waals surface area contributed by atoms with E-state index in [1.165, 1.54) is 28.5 Å². The highest BCUT2D eigenvalue weighted by molar-refractivity contribution is 7.98. The Hall–Kier alpha value is -4.15. The van der Waals surface area contributed by atoms with Gasteiger partial charge in [0.05, 0.1) is 11.4 Å². The Morgan fingerprint density at radius 3 is 2.45 bits per heavy atom. The van der Waals surface area contributed by atoms with E-state index in [0.29, 0.717) is 39.3 Å². The fourth-order valence-corrected chi connectivity index (χ4v) is 5.34. The van der Waals surface area contributed by atoms with Gasteiger partial charge in [-0.25, -0.2) is 9.37 Å². The molecule has 7 nitrogen and oxygen atoms in total. The molecule has 3 aromatic heterocycles. The predicted molar refractivity (Wildman–Crippen MR) is 148 cm³/mol. The number of aromatic nitrogens is 5. The number of aromatic amines is 1. The third-order valence-corrected chi connectivity index (χ3v) is 7.65. The van der Waals surface area contributed by atoms with Crippen molar-refractivity contribution in [3.63, 3.8) is 0 Å². The monoisotopic (exact) mass is 541 g/mol. The molecular formula is C28H20FN5O2S2. The minimum Gasteiger partial charge on any atom is -0.355 e. The molecule has 6 rings (SSSR count). The molecule has 0 radical (unpaired) electrons. The van der Waals surface area contributed by atoms with Gasteiger partial charge in [-0.1, -0.05) is 47.3 Å². The van der Waals surface area contributed by atoms with Gasteiger partial charge in [-0.15, -0.1) is 11.8 Å². The molecule has 0 aliphatic carbocycles. The first-order valence-electron chi connectivity index (χ1n) is 11.7. The zero-order chi connectivity index (χ0) is 26.1. The first-order valence-corrected chi connectivity index (χ1v) is 13.9. The number of nitrogens with zero attached hydrogens (tertiary/aromatic N) is 4. The number of thioether (sulfide) groups is 2. The van der Waals surface area contributed by atoms with Gasteiger partial charge >= 0.3 is 0 Å². The van der Waals surface area contributed by atoms with Crippen molar-refractivity contribution < 1.29 is 8.91 Å². The fraction of sp³-hybridized carbons (Fsp3) is 0.0714. The molecule has 0 saturated carbocycles. The molecule has 0 aliphatic heterocycles. The van der Waals surface area contributed by atoms with Crippen molar-refractivity contribution in [2.75, 3.05) is 6.26 Å². The largest absolute Gasteiger partial charge is 0.355 e. The fourth-order valence-electron chi connectivity index (χ4n) is 4.09. The summed E-state index contributed by atoms with van der Waals surface area (Å²) in [5.74, 6) is 0.793. The molecule has 6 aromatic rings. The molecule has 0 bridgehead atoms. The second-order valence-electron chi connectivity index (χ2n) is 8.33. The van der Waals surface area contributed by atoms with Crippen LogP contribution in [0.25, 0.3) is 39.2 Å². The normalized spacial score (nSPS) is 11.3. The minimum absolute atomic E-state index is 0.286. The van der Waals surface area contributed by atoms with Gasteiger partial charge in [0.1, 0.15) is 16.9 Å². The lowest BCUT2D eigenvalue weighted by molar-refractivity contribution is 0.391. The Kier molecular flexibility index (Phi) is 6.57. The van der Waals surface area contributed by atoms with E-state index in [9.17, 15) is 9.18 Å². The Bertz CT molecular complexity index is 1780. The van der Waals surface area contributed by atoms with Gasteiger partial charge in [0.2, 0.25) is 11.7 Å². The maximum atomic E-state index is 13.7. The summed E-state index contributed by atoms with van der Waals surface area (Å²) < 4.78 is 20.6. The van der Waals surface area contributed by atoms with Gasteiger partial charge in [-0.05, 0) is 60.4 Å². The summed E-state index contributed by atoms with van der Waals surface area (Å²) in [5, 5.41) is 4.54. The molecule has 0 saturated heterocycles. The number of H-pyrrole nitrogens is 1. The van der Waals surface area contributed by atoms with Crippen LogP contribution in [0.5, 0.6) is 0 Å². The molecule has 0 fully saturated rings. The summed E-state index contributed by atoms with van der Waals surface area (Å²) in [5.41, 5.74) is 3.75. The van der Waals surface area contributed by atoms with E-state index < -0.39 is 0 Å². The highest BCUT2D eigenvalue weighted by atomic mass is 32.2. The van der Waals surface area contributed by atoms with E-state index in [1.54, 1.807) is 30.1 Å². The van der Waals surface area contributed by atoms with Crippen LogP contribution in [-0.4, -0.2) is 30.9 Å². The van der Waals surface area contributed by atoms with Crippen LogP contribution in [0.3, 0.4) is 0 Å². The van der Waals surface area contributed by atoms with Crippen LogP contribution in [0.15, 0.2) is 104 Å². The maximum absolute atomic E-state index is 13.7. The third-order valence-electron chi connectivity index (χ3n) is 5.98. The van der Waals surface area contributed by atoms with Crippen molar-refractivity contribution in [1.29, 1.82) is 0 Å². The summed E-state index contributed by atoms with van der Waals surface area (Å²) in [4.78, 5) is 27.3. The number of nitrogens with one attached hydrogen (secondary N) is 1. The molecule has 10 heteroatoms. The number of fused-ring (bicyclic) bond motifs is 1. The van der Waals surface area contributed by atoms with E-state index in [2.05, 4.69) is 15.1 Å². The van der Waals surface area contributed by atoms with Gasteiger partial charge in [-0.3, -0.25) is 9.36 Å². The topological polar surface area (TPSA) is 89.6 Å². The first-order chi connectivity index (χ1) is 18.6. The summed E-state index contributed by atoms with van der Waals surface area (Å²) in [6.07, 6.45) is 3.80. The molecule has 0 amide bonds. The average molecular weight is 542 g/mol. The molecular weight excluding hydrogens is 521 g/mol. The van der Waals surface area contributed by atoms with Crippen LogP contribution in [-0.2, 0) is 5.75 Å². The molecule has 3 aromatic carbocycles. The van der Waals surface area contributed by atoms with E-state index in [0.717, 1.165) is 21.6 Å². The highest BCUT2D eigenvalue weighted by Gasteiger charge is 2.19. The van der Waals surface area contributed by atoms with Crippen molar-refractivity contribution in [1.82, 2.24) is 24.7 Å². The number of benzene rings is 3. The van der Waals surface area contributed by atoms with Gasteiger partial charge in [0.15, 0.2) is 5.16 Å². The molecule has 0 spiro atoms. The SMILES string of the molecule is CSc1ccc(-c2noc(CSc3nc4c(-c5ccccc5)c[nH]c4c(=O)n3-c3ccc(F)cc3)n2)cc1. The second kappa shape index (κ2) is 10.3. The van der Waals surface area contributed by atoms with Crippen LogP contribution in [0, 0.1) is 5.82 Å². The number of halogens is 1. The molecule has 1 N–H and O–H groups in total. The lowest BCUT2D eigenvalue weighted by Gasteiger charge is -2.12. The van der Waals surface area contributed by atoms with Crippen LogP contribution in [0.2, 0.25) is 0 Å². The molecule has 0 aliphatic rings. The van der Waals surface area contributed by atoms with E-state index in [4.69, 9.17) is 9.51 Å². The van der Waals surface area contributed by atoms with Crippen LogP contribution < -0.4 is 5.56 Å². The number of rotatable bonds is 7. The van der Waals surface area contributed by atoms with E-state index >= 15 is 0 Å². The number of hydrogen-bond acceptors (Lipinski definition) is 7. The van der Waals surface area contributed by atoms with Crippen molar-refractivity contribution in [2.24, 2.45) is 0 Å². The average Bonchev–Trinajstić information content (AvgIpc) is 3.61. The van der Waals surface area contributed by atoms with Crippen LogP contribution >= 0.6 is 23.5 Å². The molecule has 0 atom stereocenters. The van der Waals surface area contributed by atoms with Gasteiger partial charge in [0.25, 0.3) is 5.56 Å². The summed E-state index contributed by atoms with van der Waals surface area (Å²) in [6, 6.07) is 23.4. The smallest absolute Gasteiger partial charge is 0.283 e. The van der Waals surface area contributed by atoms with Gasteiger partial charge in [-0.2, -0.15) is 4.98 Å². The second-order valence-corrected chi connectivity index (χ2v) is 10.2. The molecule has 3 heterocycles. The number of hydrogen-bond donors (Lipinski definition) is 1. The minimum atomic E-state index is -0.389. The Morgan fingerprint density at radius 2 is 1.71 bits per heavy atom. The van der Waals surface area contributed by atoms with E-state index in [-0.39, 0.29) is 11.4 Å². The molecule has 0 unspecified atom stereocenters. The summed E-state index contributed by atoms with van der Waals surface area (Å²) in [6.45, 7) is 0. The van der Waals surface area contributed by atoms with Crippen molar-refractivity contribution in [3.8, 4) is 28.2 Å². The van der Waals surface area contributed by atoms with Crippen molar-refractivity contribution in [3.05, 3.63) is 107 Å². The predicted octanol–water partition coefficient (Wildman–Crippen LogP) is 6.58. The van der Waals surface area contributed by atoms with Crippen LogP contribution in [0.4, 0.5) is 4.39 Å². The quantitative estimate of drug-likeness (QED) is 0.180. The lowest BCUT2D eigenvalue weighted by atomic mass is 10.1. The Morgan fingerprint density at radius 1 is 0.947 bits per heavy atom. The summed E-state index contributed by atoms with van der Waals surface area (Å²) in [7, 11) is 0. The van der Waals surface area contributed by atoms with Crippen molar-refractivity contribution in [2.45, 2.75) is 15.8 Å². The van der Waals surface area contributed by atoms with Gasteiger partial charge in [0, 0.05) is 22.2 Å². The Balaban J connectivity index is 1.39. The zero-order valence-electron chi connectivity index (χ0n) is 20.1. The van der Waals surface area contributed by atoms with Crippen LogP contribution in [0.1, 0.15) is 5.89 Å². The standard InChI is InChI=1S/C28H20FN5O2S2/c1-37-21-13-7-18(8-14-21)26-31-23(36-33-26)16-38-28-32-24-22(17-5-3-2-4-6-17)15-30-25(24)27(35)34(28)20-11-9-19(29)10-12-20/h2-15,30H,16H2,1H3. The van der Waals surface area contributed by atoms with E-state index in [1.807, 2.05) is 60.9 Å². The molecule has 188 valence electrons. The first kappa shape index (κ1) is 24.2. The van der Waals surface area contributed by atoms with Crippen molar-refractivity contribution >= 4 is 34.6 Å². The summed E-state index contributed by atoms with van der Waals surface area (Å²) >= 11 is 2.96.